The van der Waals surface area contributed by atoms with Gasteiger partial charge in [0.05, 0.1) is 17.2 Å². The predicted octanol–water partition coefficient (Wildman–Crippen LogP) is 5.31. The van der Waals surface area contributed by atoms with Crippen LogP contribution in [-0.2, 0) is 9.59 Å². The minimum Gasteiger partial charge on any atom is -0.494 e. The molecule has 0 aliphatic carbocycles. The Labute approximate surface area is 206 Å². The fourth-order valence-electron chi connectivity index (χ4n) is 3.86. The van der Waals surface area contributed by atoms with Crippen LogP contribution < -0.4 is 10.1 Å². The first kappa shape index (κ1) is 24.3. The van der Waals surface area contributed by atoms with Gasteiger partial charge in [-0.25, -0.2) is 4.39 Å². The molecule has 0 saturated carbocycles. The summed E-state index contributed by atoms with van der Waals surface area (Å²) in [5.74, 6) is -0.719. The van der Waals surface area contributed by atoms with Crippen molar-refractivity contribution in [3.8, 4) is 11.4 Å². The maximum Gasteiger partial charge on any atom is 0.294 e. The summed E-state index contributed by atoms with van der Waals surface area (Å²) in [6.07, 6.45) is 1.61. The van der Waals surface area contributed by atoms with Crippen LogP contribution in [0.15, 0.2) is 59.5 Å². The van der Waals surface area contributed by atoms with Gasteiger partial charge in [0.2, 0.25) is 5.91 Å². The van der Waals surface area contributed by atoms with Gasteiger partial charge in [-0.3, -0.25) is 19.3 Å². The fraction of sp³-hybridized carbons (Fsp3) is 0.192. The van der Waals surface area contributed by atoms with Gasteiger partial charge in [-0.05, 0) is 86.6 Å². The second-order valence-corrected chi connectivity index (χ2v) is 8.88. The van der Waals surface area contributed by atoms with Gasteiger partial charge in [-0.1, -0.05) is 12.1 Å². The zero-order chi connectivity index (χ0) is 25.1. The molecule has 4 rings (SSSR count). The summed E-state index contributed by atoms with van der Waals surface area (Å²) in [5, 5.41) is 2.16. The van der Waals surface area contributed by atoms with Crippen molar-refractivity contribution in [2.45, 2.75) is 20.8 Å². The van der Waals surface area contributed by atoms with E-state index in [2.05, 4.69) is 5.32 Å². The molecule has 3 aromatic rings. The topological polar surface area (TPSA) is 80.6 Å². The van der Waals surface area contributed by atoms with Crippen molar-refractivity contribution in [3.05, 3.63) is 82.3 Å². The second-order valence-electron chi connectivity index (χ2n) is 7.89. The number of ether oxygens (including phenoxy) is 1. The van der Waals surface area contributed by atoms with E-state index in [1.54, 1.807) is 53.1 Å². The molecule has 1 aliphatic heterocycles. The highest BCUT2D eigenvalue weighted by Gasteiger charge is 2.36. The Kier molecular flexibility index (Phi) is 7.07. The van der Waals surface area contributed by atoms with Crippen LogP contribution in [0.2, 0.25) is 0 Å². The van der Waals surface area contributed by atoms with Crippen LogP contribution in [0.25, 0.3) is 11.8 Å². The summed E-state index contributed by atoms with van der Waals surface area (Å²) in [5.41, 5.74) is 3.14. The average Bonchev–Trinajstić information content (AvgIpc) is 3.25. The van der Waals surface area contributed by atoms with E-state index in [9.17, 15) is 18.8 Å². The van der Waals surface area contributed by atoms with Gasteiger partial charge in [0, 0.05) is 17.1 Å². The summed E-state index contributed by atoms with van der Waals surface area (Å²) in [6, 6.07) is 15.1. The smallest absolute Gasteiger partial charge is 0.294 e. The van der Waals surface area contributed by atoms with Crippen LogP contribution >= 0.6 is 11.8 Å². The number of amides is 3. The van der Waals surface area contributed by atoms with E-state index in [0.29, 0.717) is 29.3 Å². The standard InChI is InChI=1S/C26H24FN3O4S/c1-4-34-20-11-9-19(10-12-20)28-24(31)15-29-25(32)23(35-26(29)33)14-18-13-16(2)30(17(18)3)22-8-6-5-7-21(22)27/h5-14H,4,15H2,1-3H3,(H,28,31)/b23-14+. The van der Waals surface area contributed by atoms with Crippen LogP contribution in [-0.4, -0.2) is 39.7 Å². The number of hydrogen-bond donors (Lipinski definition) is 1. The molecule has 0 bridgehead atoms. The van der Waals surface area contributed by atoms with Gasteiger partial charge in [0.15, 0.2) is 0 Å². The Morgan fingerprint density at radius 1 is 1.11 bits per heavy atom. The third-order valence-electron chi connectivity index (χ3n) is 5.47. The molecule has 1 aromatic heterocycles. The molecule has 1 N–H and O–H groups in total. The highest BCUT2D eigenvalue weighted by Crippen LogP contribution is 2.34. The van der Waals surface area contributed by atoms with Crippen molar-refractivity contribution >= 4 is 40.6 Å². The minimum atomic E-state index is -0.544. The number of hydrogen-bond acceptors (Lipinski definition) is 5. The van der Waals surface area contributed by atoms with Crippen LogP contribution in [0.3, 0.4) is 0 Å². The van der Waals surface area contributed by atoms with E-state index in [0.717, 1.165) is 28.0 Å². The number of nitrogens with zero attached hydrogens (tertiary/aromatic N) is 2. The minimum absolute atomic E-state index is 0.206. The van der Waals surface area contributed by atoms with Gasteiger partial charge >= 0.3 is 0 Å². The third-order valence-corrected chi connectivity index (χ3v) is 6.38. The molecular formula is C26H24FN3O4S. The summed E-state index contributed by atoms with van der Waals surface area (Å²) >= 11 is 0.774. The van der Waals surface area contributed by atoms with Gasteiger partial charge in [0.1, 0.15) is 18.1 Å². The number of rotatable bonds is 7. The number of carbonyl (C=O) groups is 3. The van der Waals surface area contributed by atoms with Gasteiger partial charge in [-0.2, -0.15) is 0 Å². The van der Waals surface area contributed by atoms with Gasteiger partial charge in [-0.15, -0.1) is 0 Å². The number of thioether (sulfide) groups is 1. The van der Waals surface area contributed by atoms with E-state index in [4.69, 9.17) is 4.74 Å². The summed E-state index contributed by atoms with van der Waals surface area (Å²) in [7, 11) is 0. The lowest BCUT2D eigenvalue weighted by Gasteiger charge is -2.13. The van der Waals surface area contributed by atoms with E-state index in [1.165, 1.54) is 6.07 Å². The molecule has 0 radical (unpaired) electrons. The van der Waals surface area contributed by atoms with E-state index in [-0.39, 0.29) is 10.7 Å². The molecule has 2 aromatic carbocycles. The number of para-hydroxylation sites is 1. The van der Waals surface area contributed by atoms with Crippen molar-refractivity contribution in [2.24, 2.45) is 0 Å². The fourth-order valence-corrected chi connectivity index (χ4v) is 4.69. The molecule has 2 heterocycles. The predicted molar refractivity (Wildman–Crippen MR) is 134 cm³/mol. The summed E-state index contributed by atoms with van der Waals surface area (Å²) in [6.45, 7) is 5.67. The zero-order valence-electron chi connectivity index (χ0n) is 19.5. The lowest BCUT2D eigenvalue weighted by Crippen LogP contribution is -2.36. The Morgan fingerprint density at radius 3 is 2.51 bits per heavy atom. The van der Waals surface area contributed by atoms with Crippen molar-refractivity contribution in [2.75, 3.05) is 18.5 Å². The largest absolute Gasteiger partial charge is 0.494 e. The number of benzene rings is 2. The average molecular weight is 494 g/mol. The summed E-state index contributed by atoms with van der Waals surface area (Å²) < 4.78 is 21.5. The van der Waals surface area contributed by atoms with Gasteiger partial charge < -0.3 is 14.6 Å². The normalized spacial score (nSPS) is 14.6. The maximum atomic E-state index is 14.4. The first-order valence-electron chi connectivity index (χ1n) is 11.0. The number of imide groups is 1. The van der Waals surface area contributed by atoms with Crippen molar-refractivity contribution < 1.29 is 23.5 Å². The van der Waals surface area contributed by atoms with E-state index >= 15 is 0 Å². The summed E-state index contributed by atoms with van der Waals surface area (Å²) in [4.78, 5) is 39.0. The Bertz CT molecular complexity index is 1330. The quantitative estimate of drug-likeness (QED) is 0.452. The van der Waals surface area contributed by atoms with Crippen LogP contribution in [0, 0.1) is 19.7 Å². The number of nitrogens with one attached hydrogen (secondary N) is 1. The molecular weight excluding hydrogens is 469 g/mol. The highest BCUT2D eigenvalue weighted by molar-refractivity contribution is 8.18. The Balaban J connectivity index is 1.49. The lowest BCUT2D eigenvalue weighted by atomic mass is 10.2. The SMILES string of the molecule is CCOc1ccc(NC(=O)CN2C(=O)S/C(=C/c3cc(C)n(-c4ccccc4F)c3C)C2=O)cc1. The number of halogens is 1. The number of aryl methyl sites for hydroxylation is 1. The molecule has 180 valence electrons. The molecule has 0 atom stereocenters. The first-order valence-corrected chi connectivity index (χ1v) is 11.8. The second kappa shape index (κ2) is 10.2. The number of carbonyl (C=O) groups excluding carboxylic acids is 3. The lowest BCUT2D eigenvalue weighted by molar-refractivity contribution is -0.127. The van der Waals surface area contributed by atoms with Crippen LogP contribution in [0.4, 0.5) is 14.9 Å². The molecule has 3 amide bonds. The maximum absolute atomic E-state index is 14.4. The molecule has 7 nitrogen and oxygen atoms in total. The molecule has 9 heteroatoms. The molecule has 1 saturated heterocycles. The Morgan fingerprint density at radius 2 is 1.83 bits per heavy atom. The molecule has 0 unspecified atom stereocenters. The van der Waals surface area contributed by atoms with Crippen molar-refractivity contribution in [1.82, 2.24) is 9.47 Å². The number of aromatic nitrogens is 1. The Hall–Kier alpha value is -3.85. The van der Waals surface area contributed by atoms with E-state index in [1.807, 2.05) is 26.8 Å². The molecule has 1 aliphatic rings. The molecule has 1 fully saturated rings. The molecule has 0 spiro atoms. The van der Waals surface area contributed by atoms with Crippen molar-refractivity contribution in [3.63, 3.8) is 0 Å². The number of anilines is 1. The molecule has 35 heavy (non-hydrogen) atoms. The van der Waals surface area contributed by atoms with E-state index < -0.39 is 23.6 Å². The first-order chi connectivity index (χ1) is 16.8. The van der Waals surface area contributed by atoms with Crippen LogP contribution in [0.5, 0.6) is 5.75 Å². The van der Waals surface area contributed by atoms with Gasteiger partial charge in [0.25, 0.3) is 11.1 Å². The zero-order valence-corrected chi connectivity index (χ0v) is 20.3. The monoisotopic (exact) mass is 493 g/mol. The van der Waals surface area contributed by atoms with Crippen LogP contribution in [0.1, 0.15) is 23.9 Å². The highest BCUT2D eigenvalue weighted by atomic mass is 32.2. The van der Waals surface area contributed by atoms with Crippen molar-refractivity contribution in [1.29, 1.82) is 0 Å². The third kappa shape index (κ3) is 5.14.